The largest absolute Gasteiger partial charge is 0.357 e. The summed E-state index contributed by atoms with van der Waals surface area (Å²) in [6.07, 6.45) is 2.09. The highest BCUT2D eigenvalue weighted by atomic mass is 32.2. The molecule has 0 spiro atoms. The van der Waals surface area contributed by atoms with Gasteiger partial charge in [0.25, 0.3) is 0 Å². The zero-order valence-electron chi connectivity index (χ0n) is 3.53. The van der Waals surface area contributed by atoms with Gasteiger partial charge in [-0.25, -0.2) is 0 Å². The Bertz CT molecular complexity index is 14.4. The summed E-state index contributed by atoms with van der Waals surface area (Å²) in [6.45, 7) is 1.06. The molecule has 0 aliphatic carbocycles. The molecule has 0 fully saturated rings. The van der Waals surface area contributed by atoms with Crippen LogP contribution >= 0.6 is 11.8 Å². The van der Waals surface area contributed by atoms with E-state index in [9.17, 15) is 0 Å². The minimum Gasteiger partial charge on any atom is -0.357 e. The van der Waals surface area contributed by atoms with Crippen molar-refractivity contribution in [1.29, 1.82) is 0 Å². The highest BCUT2D eigenvalue weighted by Crippen LogP contribution is 1.83. The van der Waals surface area contributed by atoms with Gasteiger partial charge in [0.2, 0.25) is 0 Å². The molecular weight excluding hydrogens is 82.1 g/mol. The molecule has 0 atom stereocenters. The molecule has 0 saturated heterocycles. The molecule has 0 rings (SSSR count). The van der Waals surface area contributed by atoms with Crippen LogP contribution in [0.4, 0.5) is 0 Å². The highest BCUT2D eigenvalue weighted by Gasteiger charge is 1.71. The standard InChI is InChI=1S/C3H9NS/c1-5-3-2-4/h2-4H2,1H3/p+1. The van der Waals surface area contributed by atoms with Crippen LogP contribution in [0, 0.1) is 0 Å². The summed E-state index contributed by atoms with van der Waals surface area (Å²) in [6, 6.07) is 0. The van der Waals surface area contributed by atoms with Crippen LogP contribution in [-0.4, -0.2) is 18.6 Å². The van der Waals surface area contributed by atoms with E-state index in [1.807, 2.05) is 11.8 Å². The lowest BCUT2D eigenvalue weighted by molar-refractivity contribution is -0.360. The van der Waals surface area contributed by atoms with E-state index in [0.717, 1.165) is 6.54 Å². The molecule has 5 heavy (non-hydrogen) atoms. The molecule has 0 aromatic heterocycles. The van der Waals surface area contributed by atoms with Gasteiger partial charge in [0.15, 0.2) is 0 Å². The first-order valence-electron chi connectivity index (χ1n) is 1.70. The third kappa shape index (κ3) is 4.31. The zero-order chi connectivity index (χ0) is 4.12. The van der Waals surface area contributed by atoms with Crippen molar-refractivity contribution in [2.45, 2.75) is 0 Å². The maximum absolute atomic E-state index is 3.65. The first kappa shape index (κ1) is 5.31. The van der Waals surface area contributed by atoms with Crippen molar-refractivity contribution in [2.75, 3.05) is 18.6 Å². The summed E-state index contributed by atoms with van der Waals surface area (Å²) in [4.78, 5) is 0. The van der Waals surface area contributed by atoms with Crippen LogP contribution in [0.5, 0.6) is 0 Å². The summed E-state index contributed by atoms with van der Waals surface area (Å²) in [7, 11) is 0. The van der Waals surface area contributed by atoms with Gasteiger partial charge in [-0.3, -0.25) is 0 Å². The fourth-order valence-electron chi connectivity index (χ4n) is 0.144. The molecule has 0 heterocycles. The Balaban J connectivity index is 2.19. The number of rotatable bonds is 2. The molecular formula is C3H10NS+. The van der Waals surface area contributed by atoms with E-state index < -0.39 is 0 Å². The van der Waals surface area contributed by atoms with E-state index in [2.05, 4.69) is 12.0 Å². The Hall–Kier alpha value is 0.310. The molecule has 0 aromatic carbocycles. The Morgan fingerprint density at radius 2 is 2.40 bits per heavy atom. The molecule has 0 bridgehead atoms. The average molecular weight is 92.2 g/mol. The van der Waals surface area contributed by atoms with Crippen LogP contribution in [-0.2, 0) is 0 Å². The van der Waals surface area contributed by atoms with Gasteiger partial charge >= 0.3 is 0 Å². The molecule has 0 radical (unpaired) electrons. The normalized spacial score (nSPS) is 8.40. The van der Waals surface area contributed by atoms with E-state index in [-0.39, 0.29) is 0 Å². The van der Waals surface area contributed by atoms with Crippen LogP contribution in [0.2, 0.25) is 0 Å². The third-order valence-corrected chi connectivity index (χ3v) is 1.05. The zero-order valence-corrected chi connectivity index (χ0v) is 4.35. The maximum atomic E-state index is 3.65. The van der Waals surface area contributed by atoms with E-state index >= 15 is 0 Å². The summed E-state index contributed by atoms with van der Waals surface area (Å²) >= 11 is 1.84. The van der Waals surface area contributed by atoms with Crippen LogP contribution in [0.1, 0.15) is 0 Å². The monoisotopic (exact) mass is 92.1 g/mol. The van der Waals surface area contributed by atoms with Gasteiger partial charge in [-0.1, -0.05) is 0 Å². The van der Waals surface area contributed by atoms with Crippen molar-refractivity contribution in [1.82, 2.24) is 0 Å². The van der Waals surface area contributed by atoms with E-state index in [1.54, 1.807) is 0 Å². The molecule has 0 amide bonds. The first-order chi connectivity index (χ1) is 2.41. The van der Waals surface area contributed by atoms with Crippen LogP contribution < -0.4 is 5.73 Å². The minimum absolute atomic E-state index is 1.06. The van der Waals surface area contributed by atoms with Crippen molar-refractivity contribution in [2.24, 2.45) is 0 Å². The van der Waals surface area contributed by atoms with Gasteiger partial charge in [-0.2, -0.15) is 11.8 Å². The second kappa shape index (κ2) is 4.31. The molecule has 2 heteroatoms. The minimum atomic E-state index is 1.06. The molecule has 32 valence electrons. The van der Waals surface area contributed by atoms with Gasteiger partial charge < -0.3 is 5.73 Å². The Morgan fingerprint density at radius 1 is 1.80 bits per heavy atom. The lowest BCUT2D eigenvalue weighted by Crippen LogP contribution is -2.51. The van der Waals surface area contributed by atoms with Crippen LogP contribution in [0.15, 0.2) is 0 Å². The van der Waals surface area contributed by atoms with E-state index in [1.165, 1.54) is 5.75 Å². The van der Waals surface area contributed by atoms with Gasteiger partial charge in [0, 0.05) is 5.75 Å². The summed E-state index contributed by atoms with van der Waals surface area (Å²) in [5.41, 5.74) is 3.65. The van der Waals surface area contributed by atoms with Crippen LogP contribution in [0.3, 0.4) is 0 Å². The Kier molecular flexibility index (Phi) is 4.58. The van der Waals surface area contributed by atoms with E-state index in [4.69, 9.17) is 0 Å². The molecule has 0 saturated carbocycles. The highest BCUT2D eigenvalue weighted by molar-refractivity contribution is 7.98. The predicted octanol–water partition coefficient (Wildman–Crippen LogP) is -0.409. The second-order valence-electron chi connectivity index (χ2n) is 0.846. The summed E-state index contributed by atoms with van der Waals surface area (Å²) in [5.74, 6) is 1.19. The fraction of sp³-hybridized carbons (Fsp3) is 1.00. The van der Waals surface area contributed by atoms with Crippen molar-refractivity contribution >= 4 is 11.8 Å². The number of hydrogen-bond donors (Lipinski definition) is 1. The topological polar surface area (TPSA) is 27.6 Å². The van der Waals surface area contributed by atoms with Crippen molar-refractivity contribution in [3.63, 3.8) is 0 Å². The molecule has 3 N–H and O–H groups in total. The number of hydrogen-bond acceptors (Lipinski definition) is 1. The average Bonchev–Trinajstić information content (AvgIpc) is 1.41. The lowest BCUT2D eigenvalue weighted by Gasteiger charge is -1.78. The molecule has 0 aliphatic heterocycles. The predicted molar refractivity (Wildman–Crippen MR) is 26.1 cm³/mol. The van der Waals surface area contributed by atoms with Gasteiger partial charge in [0.05, 0.1) is 6.54 Å². The first-order valence-corrected chi connectivity index (χ1v) is 3.09. The van der Waals surface area contributed by atoms with Gasteiger partial charge in [-0.05, 0) is 6.26 Å². The fourth-order valence-corrected chi connectivity index (χ4v) is 0.433. The SMILES string of the molecule is CSCC[NH3+]. The van der Waals surface area contributed by atoms with Gasteiger partial charge in [0.1, 0.15) is 0 Å². The Labute approximate surface area is 36.9 Å². The Morgan fingerprint density at radius 3 is 2.40 bits per heavy atom. The quantitative estimate of drug-likeness (QED) is 0.492. The van der Waals surface area contributed by atoms with Crippen molar-refractivity contribution in [3.8, 4) is 0 Å². The van der Waals surface area contributed by atoms with Gasteiger partial charge in [-0.15, -0.1) is 0 Å². The molecule has 0 aliphatic rings. The smallest absolute Gasteiger partial charge is 0.0831 e. The maximum Gasteiger partial charge on any atom is 0.0831 e. The third-order valence-electron chi connectivity index (χ3n) is 0.348. The van der Waals surface area contributed by atoms with Crippen molar-refractivity contribution < 1.29 is 5.73 Å². The summed E-state index contributed by atoms with van der Waals surface area (Å²) in [5, 5.41) is 0. The number of quaternary nitrogens is 1. The number of thioether (sulfide) groups is 1. The summed E-state index contributed by atoms with van der Waals surface area (Å²) < 4.78 is 0. The second-order valence-corrected chi connectivity index (χ2v) is 1.83. The van der Waals surface area contributed by atoms with Crippen LogP contribution in [0.25, 0.3) is 0 Å². The van der Waals surface area contributed by atoms with E-state index in [0.29, 0.717) is 0 Å². The molecule has 0 aromatic rings. The van der Waals surface area contributed by atoms with Crippen molar-refractivity contribution in [3.05, 3.63) is 0 Å². The molecule has 0 unspecified atom stereocenters. The lowest BCUT2D eigenvalue weighted by atomic mass is 10.8. The molecule has 1 nitrogen and oxygen atoms in total.